The molecule has 12 heavy (non-hydrogen) atoms. The highest BCUT2D eigenvalue weighted by atomic mass is 16.5. The molecule has 0 unspecified atom stereocenters. The van der Waals surface area contributed by atoms with Crippen LogP contribution in [0.2, 0.25) is 0 Å². The first kappa shape index (κ1) is 14.4. The summed E-state index contributed by atoms with van der Waals surface area (Å²) in [6, 6.07) is 0. The van der Waals surface area contributed by atoms with Crippen LogP contribution in [0.3, 0.4) is 0 Å². The summed E-state index contributed by atoms with van der Waals surface area (Å²) in [6.07, 6.45) is 0. The van der Waals surface area contributed by atoms with Gasteiger partial charge in [-0.1, -0.05) is 0 Å². The largest absolute Gasteiger partial charge is 0.631 e. The molecule has 0 bridgehead atoms. The number of quaternary nitrogens is 1. The minimum absolute atomic E-state index is 1.21. The lowest BCUT2D eigenvalue weighted by molar-refractivity contribution is -0.904. The highest BCUT2D eigenvalue weighted by Crippen LogP contribution is 1.97. The standard InChI is InChI=1S/C7H18N.BH3O3/c1-5-8(4,6-2)7-3;2-1(3)4/h5-7H2,1-4H3;2-4H/q+1;. The predicted molar refractivity (Wildman–Crippen MR) is 50.2 cm³/mol. The first-order valence-electron chi connectivity index (χ1n) is 4.29. The van der Waals surface area contributed by atoms with Crippen LogP contribution in [0.4, 0.5) is 0 Å². The first-order chi connectivity index (χ1) is 5.41. The Bertz CT molecular complexity index is 85.6. The van der Waals surface area contributed by atoms with Crippen LogP contribution in [0.5, 0.6) is 0 Å². The van der Waals surface area contributed by atoms with E-state index in [-0.39, 0.29) is 0 Å². The highest BCUT2D eigenvalue weighted by Gasteiger charge is 2.10. The number of hydrogen-bond acceptors (Lipinski definition) is 3. The minimum atomic E-state index is -2.17. The molecule has 0 aliphatic heterocycles. The lowest BCUT2D eigenvalue weighted by Gasteiger charge is -2.30. The fraction of sp³-hybridized carbons (Fsp3) is 1.00. The minimum Gasteiger partial charge on any atom is -0.402 e. The van der Waals surface area contributed by atoms with E-state index in [9.17, 15) is 0 Å². The SMILES string of the molecule is CC[N+](C)(CC)CC.OB(O)O. The number of hydrogen-bond donors (Lipinski definition) is 3. The zero-order chi connectivity index (χ0) is 10.2. The molecule has 4 nitrogen and oxygen atoms in total. The van der Waals surface area contributed by atoms with Crippen molar-refractivity contribution >= 4 is 7.32 Å². The van der Waals surface area contributed by atoms with Gasteiger partial charge in [-0.25, -0.2) is 0 Å². The molecular formula is C7H21BNO3+. The molecule has 0 aliphatic rings. The molecule has 74 valence electrons. The monoisotopic (exact) mass is 178 g/mol. The molecule has 0 aliphatic carbocycles. The van der Waals surface area contributed by atoms with Gasteiger partial charge in [-0.05, 0) is 20.8 Å². The summed E-state index contributed by atoms with van der Waals surface area (Å²) in [4.78, 5) is 0. The van der Waals surface area contributed by atoms with Crippen LogP contribution >= 0.6 is 0 Å². The van der Waals surface area contributed by atoms with Crippen LogP contribution in [0, 0.1) is 0 Å². The van der Waals surface area contributed by atoms with E-state index in [0.717, 1.165) is 0 Å². The molecule has 0 heterocycles. The van der Waals surface area contributed by atoms with Gasteiger partial charge in [0, 0.05) is 0 Å². The predicted octanol–water partition coefficient (Wildman–Crippen LogP) is -0.559. The maximum atomic E-state index is 7.17. The Hall–Kier alpha value is -0.0951. The average molecular weight is 178 g/mol. The van der Waals surface area contributed by atoms with E-state index in [2.05, 4.69) is 27.8 Å². The molecule has 0 aromatic heterocycles. The summed E-state index contributed by atoms with van der Waals surface area (Å²) in [5.74, 6) is 0. The van der Waals surface area contributed by atoms with Crippen molar-refractivity contribution in [1.82, 2.24) is 0 Å². The normalized spacial score (nSPS) is 10.2. The summed E-state index contributed by atoms with van der Waals surface area (Å²) in [5.41, 5.74) is 0. The van der Waals surface area contributed by atoms with Crippen molar-refractivity contribution in [1.29, 1.82) is 0 Å². The summed E-state index contributed by atoms with van der Waals surface area (Å²) in [6.45, 7) is 10.5. The van der Waals surface area contributed by atoms with Crippen LogP contribution in [-0.2, 0) is 0 Å². The Balaban J connectivity index is 0. The lowest BCUT2D eigenvalue weighted by atomic mass is 10.3. The zero-order valence-corrected chi connectivity index (χ0v) is 8.49. The van der Waals surface area contributed by atoms with Crippen molar-refractivity contribution in [2.45, 2.75) is 20.8 Å². The third-order valence-corrected chi connectivity index (χ3v) is 2.29. The molecule has 5 heteroatoms. The van der Waals surface area contributed by atoms with Gasteiger partial charge in [0.05, 0.1) is 26.7 Å². The molecule has 0 amide bonds. The molecule has 0 spiro atoms. The van der Waals surface area contributed by atoms with Gasteiger partial charge in [-0.3, -0.25) is 0 Å². The van der Waals surface area contributed by atoms with Gasteiger partial charge in [-0.15, -0.1) is 0 Å². The molecule has 0 saturated carbocycles. The Morgan fingerprint density at radius 3 is 1.08 bits per heavy atom. The van der Waals surface area contributed by atoms with Crippen molar-refractivity contribution in [2.24, 2.45) is 0 Å². The van der Waals surface area contributed by atoms with E-state index in [1.54, 1.807) is 0 Å². The van der Waals surface area contributed by atoms with Crippen molar-refractivity contribution in [2.75, 3.05) is 26.7 Å². The average Bonchev–Trinajstić information content (AvgIpc) is 2.02. The van der Waals surface area contributed by atoms with Gasteiger partial charge in [0.1, 0.15) is 0 Å². The Labute approximate surface area is 75.2 Å². The van der Waals surface area contributed by atoms with Crippen LogP contribution in [0.25, 0.3) is 0 Å². The van der Waals surface area contributed by atoms with Gasteiger partial charge in [0.25, 0.3) is 0 Å². The summed E-state index contributed by atoms with van der Waals surface area (Å²) in [7, 11) is 0.125. The quantitative estimate of drug-likeness (QED) is 0.401. The second-order valence-corrected chi connectivity index (χ2v) is 2.91. The Morgan fingerprint density at radius 2 is 1.08 bits per heavy atom. The van der Waals surface area contributed by atoms with Crippen LogP contribution in [0.15, 0.2) is 0 Å². The van der Waals surface area contributed by atoms with E-state index >= 15 is 0 Å². The van der Waals surface area contributed by atoms with Crippen LogP contribution in [-0.4, -0.2) is 53.6 Å². The molecule has 0 atom stereocenters. The second-order valence-electron chi connectivity index (χ2n) is 2.91. The molecule has 0 rings (SSSR count). The maximum absolute atomic E-state index is 7.17. The summed E-state index contributed by atoms with van der Waals surface area (Å²) >= 11 is 0. The Morgan fingerprint density at radius 1 is 0.917 bits per heavy atom. The van der Waals surface area contributed by atoms with E-state index < -0.39 is 7.32 Å². The van der Waals surface area contributed by atoms with Gasteiger partial charge < -0.3 is 19.6 Å². The highest BCUT2D eigenvalue weighted by molar-refractivity contribution is 6.30. The van der Waals surface area contributed by atoms with Crippen molar-refractivity contribution in [3.05, 3.63) is 0 Å². The fourth-order valence-corrected chi connectivity index (χ4v) is 0.671. The van der Waals surface area contributed by atoms with E-state index in [0.29, 0.717) is 0 Å². The smallest absolute Gasteiger partial charge is 0.402 e. The second kappa shape index (κ2) is 7.55. The van der Waals surface area contributed by atoms with Crippen LogP contribution < -0.4 is 0 Å². The maximum Gasteiger partial charge on any atom is 0.631 e. The van der Waals surface area contributed by atoms with Crippen molar-refractivity contribution in [3.63, 3.8) is 0 Å². The molecule has 0 fully saturated rings. The molecular weight excluding hydrogens is 157 g/mol. The van der Waals surface area contributed by atoms with Gasteiger partial charge >= 0.3 is 7.32 Å². The number of nitrogens with zero attached hydrogens (tertiary/aromatic N) is 1. The van der Waals surface area contributed by atoms with Gasteiger partial charge in [0.15, 0.2) is 0 Å². The summed E-state index contributed by atoms with van der Waals surface area (Å²) < 4.78 is 1.21. The molecule has 0 radical (unpaired) electrons. The molecule has 3 N–H and O–H groups in total. The van der Waals surface area contributed by atoms with Gasteiger partial charge in [-0.2, -0.15) is 0 Å². The topological polar surface area (TPSA) is 60.7 Å². The van der Waals surface area contributed by atoms with Gasteiger partial charge in [0.2, 0.25) is 0 Å². The zero-order valence-electron chi connectivity index (χ0n) is 8.49. The van der Waals surface area contributed by atoms with E-state index in [1.165, 1.54) is 24.1 Å². The third-order valence-electron chi connectivity index (χ3n) is 2.29. The van der Waals surface area contributed by atoms with Crippen molar-refractivity contribution in [3.8, 4) is 0 Å². The molecule has 0 saturated heterocycles. The Kier molecular flexibility index (Phi) is 9.08. The third kappa shape index (κ3) is 9.90. The summed E-state index contributed by atoms with van der Waals surface area (Å²) in [5, 5.41) is 21.5. The molecule has 0 aromatic carbocycles. The first-order valence-corrected chi connectivity index (χ1v) is 4.29. The molecule has 0 aromatic rings. The van der Waals surface area contributed by atoms with E-state index in [1.807, 2.05) is 0 Å². The van der Waals surface area contributed by atoms with Crippen LogP contribution in [0.1, 0.15) is 20.8 Å². The van der Waals surface area contributed by atoms with Crippen molar-refractivity contribution < 1.29 is 19.6 Å². The lowest BCUT2D eigenvalue weighted by Crippen LogP contribution is -2.42. The van der Waals surface area contributed by atoms with E-state index in [4.69, 9.17) is 15.1 Å². The number of rotatable bonds is 3. The fourth-order valence-electron chi connectivity index (χ4n) is 0.671.